The summed E-state index contributed by atoms with van der Waals surface area (Å²) in [6.07, 6.45) is 1.15. The summed E-state index contributed by atoms with van der Waals surface area (Å²) in [6, 6.07) is 0. The van der Waals surface area contributed by atoms with Crippen molar-refractivity contribution in [2.24, 2.45) is 0 Å². The molecule has 0 aromatic carbocycles. The van der Waals surface area contributed by atoms with Gasteiger partial charge in [-0.2, -0.15) is 0 Å². The topological polar surface area (TPSA) is 95.9 Å². The molecule has 0 heterocycles. The highest BCUT2D eigenvalue weighted by Gasteiger charge is 2.12. The lowest BCUT2D eigenvalue weighted by atomic mass is 10.3. The van der Waals surface area contributed by atoms with Gasteiger partial charge in [-0.25, -0.2) is 4.57 Å². The summed E-state index contributed by atoms with van der Waals surface area (Å²) < 4.78 is 14.3. The molecule has 0 rings (SSSR count). The summed E-state index contributed by atoms with van der Waals surface area (Å²) in [4.78, 5) is 27.3. The van der Waals surface area contributed by atoms with E-state index in [4.69, 9.17) is 9.79 Å². The van der Waals surface area contributed by atoms with Crippen LogP contribution in [0.25, 0.3) is 0 Å². The van der Waals surface area contributed by atoms with Crippen molar-refractivity contribution in [3.8, 4) is 0 Å². The van der Waals surface area contributed by atoms with Gasteiger partial charge in [0.15, 0.2) is 0 Å². The van der Waals surface area contributed by atoms with E-state index < -0.39 is 7.82 Å². The number of hydrogen-bond donors (Lipinski definition) is 3. The molecule has 0 bridgehead atoms. The zero-order chi connectivity index (χ0) is 10.3. The second-order valence-electron chi connectivity index (χ2n) is 2.42. The molecule has 6 nitrogen and oxygen atoms in total. The SMILES string of the molecule is CCCC(=O)NCCOP(=O)(O)O. The van der Waals surface area contributed by atoms with Crippen LogP contribution in [0.5, 0.6) is 0 Å². The van der Waals surface area contributed by atoms with Gasteiger partial charge in [-0.15, -0.1) is 0 Å². The summed E-state index contributed by atoms with van der Waals surface area (Å²) in [5.41, 5.74) is 0. The molecule has 0 radical (unpaired) electrons. The number of carbonyl (C=O) groups excluding carboxylic acids is 1. The van der Waals surface area contributed by atoms with Crippen LogP contribution in [0.3, 0.4) is 0 Å². The van der Waals surface area contributed by atoms with Crippen molar-refractivity contribution in [2.75, 3.05) is 13.2 Å². The minimum Gasteiger partial charge on any atom is -0.354 e. The highest BCUT2D eigenvalue weighted by Crippen LogP contribution is 2.34. The molecule has 0 saturated carbocycles. The fourth-order valence-corrected chi connectivity index (χ4v) is 1.000. The number of amides is 1. The fraction of sp³-hybridized carbons (Fsp3) is 0.833. The molecule has 0 aliphatic heterocycles. The van der Waals surface area contributed by atoms with E-state index in [1.54, 1.807) is 0 Å². The van der Waals surface area contributed by atoms with Crippen molar-refractivity contribution in [3.63, 3.8) is 0 Å². The van der Waals surface area contributed by atoms with Crippen molar-refractivity contribution in [1.29, 1.82) is 0 Å². The monoisotopic (exact) mass is 211 g/mol. The van der Waals surface area contributed by atoms with Gasteiger partial charge in [0, 0.05) is 13.0 Å². The van der Waals surface area contributed by atoms with E-state index in [2.05, 4.69) is 9.84 Å². The largest absolute Gasteiger partial charge is 0.469 e. The normalized spacial score (nSPS) is 11.3. The van der Waals surface area contributed by atoms with E-state index in [0.717, 1.165) is 6.42 Å². The molecule has 7 heteroatoms. The van der Waals surface area contributed by atoms with Crippen LogP contribution in [0.1, 0.15) is 19.8 Å². The van der Waals surface area contributed by atoms with Gasteiger partial charge in [0.25, 0.3) is 0 Å². The van der Waals surface area contributed by atoms with E-state index >= 15 is 0 Å². The Morgan fingerprint density at radius 3 is 2.62 bits per heavy atom. The van der Waals surface area contributed by atoms with E-state index in [-0.39, 0.29) is 19.1 Å². The number of rotatable bonds is 6. The molecule has 0 fully saturated rings. The standard InChI is InChI=1S/C6H14NO5P/c1-2-3-6(8)7-4-5-12-13(9,10)11/h2-5H2,1H3,(H,7,8)(H2,9,10,11). The summed E-state index contributed by atoms with van der Waals surface area (Å²) in [5, 5.41) is 2.45. The van der Waals surface area contributed by atoms with E-state index in [0.29, 0.717) is 6.42 Å². The third-order valence-electron chi connectivity index (χ3n) is 1.16. The van der Waals surface area contributed by atoms with Gasteiger partial charge >= 0.3 is 7.82 Å². The van der Waals surface area contributed by atoms with Gasteiger partial charge in [0.05, 0.1) is 6.61 Å². The molecule has 0 spiro atoms. The maximum Gasteiger partial charge on any atom is 0.469 e. The van der Waals surface area contributed by atoms with E-state index in [1.165, 1.54) is 0 Å². The third-order valence-corrected chi connectivity index (χ3v) is 1.68. The quantitative estimate of drug-likeness (QED) is 0.425. The van der Waals surface area contributed by atoms with Crippen molar-refractivity contribution >= 4 is 13.7 Å². The summed E-state index contributed by atoms with van der Waals surface area (Å²) >= 11 is 0. The van der Waals surface area contributed by atoms with Crippen LogP contribution >= 0.6 is 7.82 Å². The van der Waals surface area contributed by atoms with Crippen molar-refractivity contribution in [2.45, 2.75) is 19.8 Å². The molecular weight excluding hydrogens is 197 g/mol. The van der Waals surface area contributed by atoms with E-state index in [1.807, 2.05) is 6.92 Å². The van der Waals surface area contributed by atoms with Gasteiger partial charge in [-0.1, -0.05) is 6.92 Å². The lowest BCUT2D eigenvalue weighted by molar-refractivity contribution is -0.121. The zero-order valence-corrected chi connectivity index (χ0v) is 8.29. The molecule has 0 saturated heterocycles. The Balaban J connectivity index is 3.36. The Morgan fingerprint density at radius 1 is 1.54 bits per heavy atom. The molecule has 78 valence electrons. The van der Waals surface area contributed by atoms with E-state index in [9.17, 15) is 9.36 Å². The lowest BCUT2D eigenvalue weighted by Crippen LogP contribution is -2.26. The molecular formula is C6H14NO5P. The Hall–Kier alpha value is -0.420. The Kier molecular flexibility index (Phi) is 5.90. The number of phosphoric acid groups is 1. The van der Waals surface area contributed by atoms with Gasteiger partial charge in [0.2, 0.25) is 5.91 Å². The Bertz CT molecular complexity index is 201. The molecule has 0 unspecified atom stereocenters. The molecule has 0 aromatic heterocycles. The zero-order valence-electron chi connectivity index (χ0n) is 7.39. The summed E-state index contributed by atoms with van der Waals surface area (Å²) in [7, 11) is -4.39. The highest BCUT2D eigenvalue weighted by atomic mass is 31.2. The minimum atomic E-state index is -4.39. The van der Waals surface area contributed by atoms with Crippen molar-refractivity contribution < 1.29 is 23.7 Å². The molecule has 13 heavy (non-hydrogen) atoms. The molecule has 0 aromatic rings. The first-order valence-electron chi connectivity index (χ1n) is 3.92. The van der Waals surface area contributed by atoms with Crippen LogP contribution in [0.4, 0.5) is 0 Å². The van der Waals surface area contributed by atoms with Crippen molar-refractivity contribution in [3.05, 3.63) is 0 Å². The number of hydrogen-bond acceptors (Lipinski definition) is 3. The predicted octanol–water partition coefficient (Wildman–Crippen LogP) is 0.0120. The predicted molar refractivity (Wildman–Crippen MR) is 45.9 cm³/mol. The average molecular weight is 211 g/mol. The first-order chi connectivity index (χ1) is 5.95. The molecule has 3 N–H and O–H groups in total. The van der Waals surface area contributed by atoms with Crippen LogP contribution in [-0.4, -0.2) is 28.8 Å². The van der Waals surface area contributed by atoms with Gasteiger partial charge < -0.3 is 15.1 Å². The second kappa shape index (κ2) is 6.10. The number of nitrogens with one attached hydrogen (secondary N) is 1. The molecule has 0 atom stereocenters. The molecule has 0 aliphatic carbocycles. The average Bonchev–Trinajstić information content (AvgIpc) is 1.97. The fourth-order valence-electron chi connectivity index (χ4n) is 0.670. The first kappa shape index (κ1) is 12.6. The van der Waals surface area contributed by atoms with Gasteiger partial charge in [0.1, 0.15) is 0 Å². The summed E-state index contributed by atoms with van der Waals surface area (Å²) in [6.45, 7) is 1.80. The lowest BCUT2D eigenvalue weighted by Gasteiger charge is -2.05. The molecule has 1 amide bonds. The minimum absolute atomic E-state index is 0.115. The Morgan fingerprint density at radius 2 is 2.15 bits per heavy atom. The Labute approximate surface area is 76.5 Å². The number of phosphoric ester groups is 1. The van der Waals surface area contributed by atoms with Crippen molar-refractivity contribution in [1.82, 2.24) is 5.32 Å². The van der Waals surface area contributed by atoms with Gasteiger partial charge in [-0.3, -0.25) is 9.32 Å². The van der Waals surface area contributed by atoms with Crippen LogP contribution in [0.15, 0.2) is 0 Å². The summed E-state index contributed by atoms with van der Waals surface area (Å²) in [5.74, 6) is -0.142. The number of carbonyl (C=O) groups is 1. The maximum absolute atomic E-state index is 10.8. The maximum atomic E-state index is 10.8. The third kappa shape index (κ3) is 9.49. The van der Waals surface area contributed by atoms with Crippen LogP contribution in [-0.2, 0) is 13.9 Å². The van der Waals surface area contributed by atoms with Gasteiger partial charge in [-0.05, 0) is 6.42 Å². The first-order valence-corrected chi connectivity index (χ1v) is 5.45. The highest BCUT2D eigenvalue weighted by molar-refractivity contribution is 7.46. The van der Waals surface area contributed by atoms with Crippen LogP contribution in [0.2, 0.25) is 0 Å². The van der Waals surface area contributed by atoms with Crippen LogP contribution < -0.4 is 5.32 Å². The molecule has 0 aliphatic rings. The van der Waals surface area contributed by atoms with Crippen LogP contribution in [0, 0.1) is 0 Å². The smallest absolute Gasteiger partial charge is 0.354 e. The second-order valence-corrected chi connectivity index (χ2v) is 3.66.